The number of aromatic nitrogens is 1. The van der Waals surface area contributed by atoms with Gasteiger partial charge in [-0.1, -0.05) is 18.3 Å². The summed E-state index contributed by atoms with van der Waals surface area (Å²) in [6, 6.07) is 0. The summed E-state index contributed by atoms with van der Waals surface area (Å²) in [6.07, 6.45) is 2.38. The van der Waals surface area contributed by atoms with Crippen LogP contribution in [0.15, 0.2) is 0 Å². The second kappa shape index (κ2) is 5.46. The predicted octanol–water partition coefficient (Wildman–Crippen LogP) is 1.01. The van der Waals surface area contributed by atoms with Crippen molar-refractivity contribution in [1.29, 1.82) is 0 Å². The minimum absolute atomic E-state index is 0.0847. The van der Waals surface area contributed by atoms with Crippen molar-refractivity contribution in [3.63, 3.8) is 0 Å². The quantitative estimate of drug-likeness (QED) is 0.868. The Kier molecular flexibility index (Phi) is 3.79. The fourth-order valence-electron chi connectivity index (χ4n) is 2.38. The summed E-state index contributed by atoms with van der Waals surface area (Å²) in [6.45, 7) is 6.82. The minimum Gasteiger partial charge on any atom is -0.382 e. The van der Waals surface area contributed by atoms with Crippen LogP contribution < -0.4 is 16.0 Å². The molecule has 1 saturated carbocycles. The van der Waals surface area contributed by atoms with Gasteiger partial charge in [-0.3, -0.25) is 4.79 Å². The van der Waals surface area contributed by atoms with Gasteiger partial charge in [-0.2, -0.15) is 0 Å². The monoisotopic (exact) mass is 309 g/mol. The summed E-state index contributed by atoms with van der Waals surface area (Å²) in [5.41, 5.74) is 6.23. The van der Waals surface area contributed by atoms with E-state index in [0.717, 1.165) is 37.9 Å². The van der Waals surface area contributed by atoms with Crippen LogP contribution in [0.4, 0.5) is 10.9 Å². The average molecular weight is 309 g/mol. The average Bonchev–Trinajstić information content (AvgIpc) is 3.07. The highest BCUT2D eigenvalue weighted by molar-refractivity contribution is 7.18. The van der Waals surface area contributed by atoms with E-state index in [1.807, 2.05) is 0 Å². The zero-order valence-corrected chi connectivity index (χ0v) is 13.5. The number of likely N-dealkylation sites (N-methyl/N-ethyl adjacent to an activating group) is 1. The number of nitrogens with zero attached hydrogens (tertiary/aromatic N) is 3. The van der Waals surface area contributed by atoms with E-state index in [-0.39, 0.29) is 5.91 Å². The molecule has 0 aromatic carbocycles. The van der Waals surface area contributed by atoms with E-state index >= 15 is 0 Å². The summed E-state index contributed by atoms with van der Waals surface area (Å²) < 4.78 is 0. The van der Waals surface area contributed by atoms with Crippen molar-refractivity contribution in [2.75, 3.05) is 50.4 Å². The van der Waals surface area contributed by atoms with Crippen LogP contribution in [0, 0.1) is 5.41 Å². The van der Waals surface area contributed by atoms with Gasteiger partial charge < -0.3 is 20.9 Å². The number of nitrogen functional groups attached to an aromatic ring is 1. The molecule has 2 fully saturated rings. The largest absolute Gasteiger partial charge is 0.382 e. The van der Waals surface area contributed by atoms with Gasteiger partial charge in [-0.25, -0.2) is 4.98 Å². The van der Waals surface area contributed by atoms with E-state index in [4.69, 9.17) is 5.73 Å². The lowest BCUT2D eigenvalue weighted by Crippen LogP contribution is -2.44. The molecule has 6 nitrogen and oxygen atoms in total. The molecule has 0 unspecified atom stereocenters. The highest BCUT2D eigenvalue weighted by atomic mass is 32.1. The van der Waals surface area contributed by atoms with Crippen LogP contribution in [0.25, 0.3) is 0 Å². The number of rotatable bonds is 4. The number of carbonyl (C=O) groups is 1. The van der Waals surface area contributed by atoms with E-state index in [2.05, 4.69) is 34.1 Å². The van der Waals surface area contributed by atoms with Gasteiger partial charge in [0.25, 0.3) is 5.91 Å². The topological polar surface area (TPSA) is 74.5 Å². The van der Waals surface area contributed by atoms with Crippen LogP contribution in [0.2, 0.25) is 0 Å². The van der Waals surface area contributed by atoms with Crippen LogP contribution in [0.1, 0.15) is 29.4 Å². The highest BCUT2D eigenvalue weighted by Crippen LogP contribution is 2.44. The Bertz CT molecular complexity index is 531. The SMILES string of the molecule is CN1CCN(c2nc(N)c(C(=O)NCC3(C)CC3)s2)CC1. The Morgan fingerprint density at radius 3 is 2.67 bits per heavy atom. The Morgan fingerprint density at radius 2 is 2.05 bits per heavy atom. The first-order valence-corrected chi connectivity index (χ1v) is 8.26. The lowest BCUT2D eigenvalue weighted by molar-refractivity contribution is 0.0951. The maximum atomic E-state index is 12.2. The van der Waals surface area contributed by atoms with E-state index in [1.165, 1.54) is 24.2 Å². The molecule has 1 aromatic rings. The van der Waals surface area contributed by atoms with Gasteiger partial charge in [0.1, 0.15) is 10.7 Å². The van der Waals surface area contributed by atoms with Crippen molar-refractivity contribution in [1.82, 2.24) is 15.2 Å². The molecule has 1 amide bonds. The van der Waals surface area contributed by atoms with Crippen molar-refractivity contribution in [3.8, 4) is 0 Å². The normalized spacial score (nSPS) is 21.3. The molecule has 21 heavy (non-hydrogen) atoms. The molecule has 2 heterocycles. The van der Waals surface area contributed by atoms with Crippen LogP contribution in [-0.2, 0) is 0 Å². The van der Waals surface area contributed by atoms with Crippen molar-refractivity contribution in [2.24, 2.45) is 5.41 Å². The van der Waals surface area contributed by atoms with Gasteiger partial charge in [-0.05, 0) is 25.3 Å². The smallest absolute Gasteiger partial charge is 0.265 e. The molecule has 1 aliphatic heterocycles. The van der Waals surface area contributed by atoms with Crippen LogP contribution in [-0.4, -0.2) is 55.6 Å². The Balaban J connectivity index is 1.64. The Labute approximate surface area is 129 Å². The molecule has 1 aromatic heterocycles. The summed E-state index contributed by atoms with van der Waals surface area (Å²) in [4.78, 5) is 21.7. The van der Waals surface area contributed by atoms with Crippen LogP contribution in [0.5, 0.6) is 0 Å². The second-order valence-electron chi connectivity index (χ2n) is 6.49. The highest BCUT2D eigenvalue weighted by Gasteiger charge is 2.37. The fourth-order valence-corrected chi connectivity index (χ4v) is 3.33. The molecular weight excluding hydrogens is 286 g/mol. The first kappa shape index (κ1) is 14.6. The molecular formula is C14H23N5OS. The number of hydrogen-bond donors (Lipinski definition) is 2. The van der Waals surface area contributed by atoms with Crippen molar-refractivity contribution < 1.29 is 4.79 Å². The molecule has 7 heteroatoms. The molecule has 0 atom stereocenters. The second-order valence-corrected chi connectivity index (χ2v) is 7.47. The van der Waals surface area contributed by atoms with Gasteiger partial charge in [0.15, 0.2) is 5.13 Å². The number of piperazine rings is 1. The molecule has 3 N–H and O–H groups in total. The number of hydrogen-bond acceptors (Lipinski definition) is 6. The van der Waals surface area contributed by atoms with Gasteiger partial charge in [-0.15, -0.1) is 0 Å². The van der Waals surface area contributed by atoms with E-state index in [0.29, 0.717) is 16.1 Å². The Morgan fingerprint density at radius 1 is 1.38 bits per heavy atom. The maximum Gasteiger partial charge on any atom is 0.265 e. The van der Waals surface area contributed by atoms with Crippen LogP contribution in [0.3, 0.4) is 0 Å². The number of carbonyl (C=O) groups excluding carboxylic acids is 1. The molecule has 0 bridgehead atoms. The molecule has 2 aliphatic rings. The molecule has 116 valence electrons. The summed E-state index contributed by atoms with van der Waals surface area (Å²) in [5, 5.41) is 3.85. The number of amides is 1. The summed E-state index contributed by atoms with van der Waals surface area (Å²) in [5.74, 6) is 0.269. The van der Waals surface area contributed by atoms with Gasteiger partial charge in [0, 0.05) is 32.7 Å². The zero-order valence-electron chi connectivity index (χ0n) is 12.7. The van der Waals surface area contributed by atoms with E-state index in [9.17, 15) is 4.79 Å². The predicted molar refractivity (Wildman–Crippen MR) is 85.9 cm³/mol. The first-order valence-electron chi connectivity index (χ1n) is 7.45. The molecule has 1 saturated heterocycles. The molecule has 1 aliphatic carbocycles. The van der Waals surface area contributed by atoms with Gasteiger partial charge >= 0.3 is 0 Å². The third-order valence-corrected chi connectivity index (χ3v) is 5.53. The lowest BCUT2D eigenvalue weighted by atomic mass is 10.1. The molecule has 3 rings (SSSR count). The number of anilines is 2. The molecule has 0 spiro atoms. The summed E-state index contributed by atoms with van der Waals surface area (Å²) >= 11 is 1.41. The standard InChI is InChI=1S/C14H23N5OS/c1-14(3-4-14)9-16-12(20)10-11(15)17-13(21-10)19-7-5-18(2)6-8-19/h3-9,15H2,1-2H3,(H,16,20). The minimum atomic E-state index is -0.0847. The molecule has 0 radical (unpaired) electrons. The van der Waals surface area contributed by atoms with Crippen molar-refractivity contribution in [3.05, 3.63) is 4.88 Å². The Hall–Kier alpha value is -1.34. The van der Waals surface area contributed by atoms with E-state index < -0.39 is 0 Å². The fraction of sp³-hybridized carbons (Fsp3) is 0.714. The number of nitrogens with two attached hydrogens (primary N) is 1. The van der Waals surface area contributed by atoms with Crippen molar-refractivity contribution in [2.45, 2.75) is 19.8 Å². The summed E-state index contributed by atoms with van der Waals surface area (Å²) in [7, 11) is 2.12. The van der Waals surface area contributed by atoms with Gasteiger partial charge in [0.2, 0.25) is 0 Å². The first-order chi connectivity index (χ1) is 9.97. The maximum absolute atomic E-state index is 12.2. The number of thiazole rings is 1. The third kappa shape index (κ3) is 3.29. The number of nitrogens with one attached hydrogen (secondary N) is 1. The van der Waals surface area contributed by atoms with Crippen LogP contribution >= 0.6 is 11.3 Å². The van der Waals surface area contributed by atoms with E-state index in [1.54, 1.807) is 0 Å². The lowest BCUT2D eigenvalue weighted by Gasteiger charge is -2.31. The van der Waals surface area contributed by atoms with Gasteiger partial charge in [0.05, 0.1) is 0 Å². The third-order valence-electron chi connectivity index (χ3n) is 4.40. The zero-order chi connectivity index (χ0) is 15.0. The van der Waals surface area contributed by atoms with Crippen molar-refractivity contribution >= 4 is 28.2 Å².